The van der Waals surface area contributed by atoms with Gasteiger partial charge in [-0.05, 0) is 25.1 Å². The van der Waals surface area contributed by atoms with Crippen molar-refractivity contribution in [2.45, 2.75) is 25.8 Å². The van der Waals surface area contributed by atoms with Crippen molar-refractivity contribution in [1.29, 1.82) is 0 Å². The summed E-state index contributed by atoms with van der Waals surface area (Å²) >= 11 is 0. The summed E-state index contributed by atoms with van der Waals surface area (Å²) in [5, 5.41) is 0. The number of nitrogens with zero attached hydrogens (tertiary/aromatic N) is 1. The summed E-state index contributed by atoms with van der Waals surface area (Å²) in [6.07, 6.45) is -0.0375. The Bertz CT molecular complexity index is 506. The van der Waals surface area contributed by atoms with Crippen LogP contribution in [0, 0.1) is 11.6 Å². The van der Waals surface area contributed by atoms with E-state index < -0.39 is 17.4 Å². The molecular weight excluding hydrogens is 266 g/mol. The first-order valence-corrected chi connectivity index (χ1v) is 6.30. The van der Waals surface area contributed by atoms with Crippen molar-refractivity contribution < 1.29 is 18.4 Å². The molecule has 1 atom stereocenters. The molecule has 1 amide bonds. The minimum absolute atomic E-state index is 0.0126. The Morgan fingerprint density at radius 1 is 1.25 bits per heavy atom. The molecule has 4 nitrogen and oxygen atoms in total. The summed E-state index contributed by atoms with van der Waals surface area (Å²) in [6.45, 7) is 2.13. The number of halogens is 2. The number of likely N-dealkylation sites (N-methyl/N-ethyl adjacent to an activating group) is 1. The van der Waals surface area contributed by atoms with Crippen LogP contribution in [0.25, 0.3) is 0 Å². The summed E-state index contributed by atoms with van der Waals surface area (Å²) in [7, 11) is 1.61. The van der Waals surface area contributed by atoms with Crippen molar-refractivity contribution in [2.75, 3.05) is 13.6 Å². The second kappa shape index (κ2) is 7.09. The second-order valence-electron chi connectivity index (χ2n) is 4.64. The number of hydrogen-bond donors (Lipinski definition) is 1. The highest BCUT2D eigenvalue weighted by molar-refractivity contribution is 5.97. The smallest absolute Gasteiger partial charge is 0.223 e. The van der Waals surface area contributed by atoms with Crippen LogP contribution in [0.5, 0.6) is 0 Å². The summed E-state index contributed by atoms with van der Waals surface area (Å²) < 4.78 is 25.8. The van der Waals surface area contributed by atoms with E-state index in [0.29, 0.717) is 6.54 Å². The zero-order valence-corrected chi connectivity index (χ0v) is 11.5. The molecule has 0 heterocycles. The first-order valence-electron chi connectivity index (χ1n) is 6.30. The number of carbonyl (C=O) groups is 2. The van der Waals surface area contributed by atoms with Gasteiger partial charge < -0.3 is 10.6 Å². The number of nitrogens with two attached hydrogens (primary N) is 1. The predicted octanol–water partition coefficient (Wildman–Crippen LogP) is 1.73. The fraction of sp³-hybridized carbons (Fsp3) is 0.429. The largest absolute Gasteiger partial charge is 0.342 e. The van der Waals surface area contributed by atoms with Crippen LogP contribution in [0.3, 0.4) is 0 Å². The van der Waals surface area contributed by atoms with E-state index in [1.54, 1.807) is 14.0 Å². The fourth-order valence-corrected chi connectivity index (χ4v) is 1.61. The first-order chi connectivity index (χ1) is 9.36. The van der Waals surface area contributed by atoms with Gasteiger partial charge in [-0.2, -0.15) is 0 Å². The SMILES string of the molecule is CC(CN)N(C)C(=O)CCC(=O)c1ccc(F)c(F)c1. The van der Waals surface area contributed by atoms with E-state index >= 15 is 0 Å². The molecule has 110 valence electrons. The van der Waals surface area contributed by atoms with E-state index in [-0.39, 0.29) is 30.4 Å². The summed E-state index contributed by atoms with van der Waals surface area (Å²) in [6, 6.07) is 2.83. The van der Waals surface area contributed by atoms with Crippen molar-refractivity contribution in [2.24, 2.45) is 5.73 Å². The van der Waals surface area contributed by atoms with E-state index in [0.717, 1.165) is 12.1 Å². The van der Waals surface area contributed by atoms with Crippen molar-refractivity contribution >= 4 is 11.7 Å². The molecule has 0 saturated carbocycles. The van der Waals surface area contributed by atoms with Gasteiger partial charge in [0.15, 0.2) is 17.4 Å². The van der Waals surface area contributed by atoms with E-state index in [2.05, 4.69) is 0 Å². The molecule has 1 aromatic carbocycles. The van der Waals surface area contributed by atoms with Crippen LogP contribution in [0.4, 0.5) is 8.78 Å². The van der Waals surface area contributed by atoms with Crippen LogP contribution < -0.4 is 5.73 Å². The number of rotatable bonds is 6. The average molecular weight is 284 g/mol. The lowest BCUT2D eigenvalue weighted by atomic mass is 10.1. The third-order valence-corrected chi connectivity index (χ3v) is 3.20. The molecule has 0 aliphatic rings. The Morgan fingerprint density at radius 2 is 1.90 bits per heavy atom. The van der Waals surface area contributed by atoms with E-state index in [1.807, 2.05) is 0 Å². The molecule has 0 fully saturated rings. The molecule has 1 aromatic rings. The van der Waals surface area contributed by atoms with E-state index in [9.17, 15) is 18.4 Å². The molecule has 0 saturated heterocycles. The molecule has 0 aliphatic carbocycles. The monoisotopic (exact) mass is 284 g/mol. The van der Waals surface area contributed by atoms with Gasteiger partial charge in [0, 0.05) is 38.0 Å². The molecule has 20 heavy (non-hydrogen) atoms. The number of benzene rings is 1. The van der Waals surface area contributed by atoms with Crippen molar-refractivity contribution in [1.82, 2.24) is 4.90 Å². The molecule has 0 radical (unpaired) electrons. The van der Waals surface area contributed by atoms with Gasteiger partial charge in [0.05, 0.1) is 0 Å². The van der Waals surface area contributed by atoms with Crippen LogP contribution in [0.1, 0.15) is 30.1 Å². The zero-order chi connectivity index (χ0) is 15.3. The van der Waals surface area contributed by atoms with Crippen molar-refractivity contribution in [3.63, 3.8) is 0 Å². The van der Waals surface area contributed by atoms with Gasteiger partial charge in [0.2, 0.25) is 5.91 Å². The first kappa shape index (κ1) is 16.2. The molecular formula is C14H18F2N2O2. The molecule has 2 N–H and O–H groups in total. The molecule has 0 spiro atoms. The Labute approximate surface area is 116 Å². The second-order valence-corrected chi connectivity index (χ2v) is 4.64. The Balaban J connectivity index is 2.59. The average Bonchev–Trinajstić information content (AvgIpc) is 2.45. The Hall–Kier alpha value is -1.82. The lowest BCUT2D eigenvalue weighted by molar-refractivity contribution is -0.131. The number of hydrogen-bond acceptors (Lipinski definition) is 3. The maximum atomic E-state index is 13.0. The zero-order valence-electron chi connectivity index (χ0n) is 11.5. The van der Waals surface area contributed by atoms with Crippen molar-refractivity contribution in [3.05, 3.63) is 35.4 Å². The fourth-order valence-electron chi connectivity index (χ4n) is 1.61. The van der Waals surface area contributed by atoms with Crippen molar-refractivity contribution in [3.8, 4) is 0 Å². The Morgan fingerprint density at radius 3 is 2.45 bits per heavy atom. The van der Waals surface area contributed by atoms with Gasteiger partial charge >= 0.3 is 0 Å². The lowest BCUT2D eigenvalue weighted by Gasteiger charge is -2.23. The normalized spacial score (nSPS) is 12.1. The number of ketones is 1. The number of carbonyl (C=O) groups excluding carboxylic acids is 2. The van der Waals surface area contributed by atoms with E-state index in [1.165, 1.54) is 11.0 Å². The maximum Gasteiger partial charge on any atom is 0.223 e. The molecule has 0 bridgehead atoms. The molecule has 1 rings (SSSR count). The summed E-state index contributed by atoms with van der Waals surface area (Å²) in [5.74, 6) is -2.69. The number of Topliss-reactive ketones (excluding diaryl/α,β-unsaturated/α-hetero) is 1. The van der Waals surface area contributed by atoms with Crippen LogP contribution >= 0.6 is 0 Å². The van der Waals surface area contributed by atoms with Crippen LogP contribution in [0.15, 0.2) is 18.2 Å². The Kier molecular flexibility index (Phi) is 5.76. The van der Waals surface area contributed by atoms with Crippen LogP contribution in [0.2, 0.25) is 0 Å². The minimum atomic E-state index is -1.07. The van der Waals surface area contributed by atoms with Gasteiger partial charge in [-0.3, -0.25) is 9.59 Å². The highest BCUT2D eigenvalue weighted by atomic mass is 19.2. The topological polar surface area (TPSA) is 63.4 Å². The minimum Gasteiger partial charge on any atom is -0.342 e. The van der Waals surface area contributed by atoms with Gasteiger partial charge in [0.25, 0.3) is 0 Å². The maximum absolute atomic E-state index is 13.0. The molecule has 1 unspecified atom stereocenters. The quantitative estimate of drug-likeness (QED) is 0.809. The van der Waals surface area contributed by atoms with Crippen LogP contribution in [-0.2, 0) is 4.79 Å². The summed E-state index contributed by atoms with van der Waals surface area (Å²) in [5.41, 5.74) is 5.51. The van der Waals surface area contributed by atoms with Crippen LogP contribution in [-0.4, -0.2) is 36.2 Å². The van der Waals surface area contributed by atoms with Gasteiger partial charge in [-0.25, -0.2) is 8.78 Å². The molecule has 6 heteroatoms. The standard InChI is InChI=1S/C14H18F2N2O2/c1-9(8-17)18(2)14(20)6-5-13(19)10-3-4-11(15)12(16)7-10/h3-4,7,9H,5-6,8,17H2,1-2H3. The molecule has 0 aliphatic heterocycles. The third-order valence-electron chi connectivity index (χ3n) is 3.20. The molecule has 0 aromatic heterocycles. The van der Waals surface area contributed by atoms with Gasteiger partial charge in [-0.15, -0.1) is 0 Å². The highest BCUT2D eigenvalue weighted by Gasteiger charge is 2.17. The van der Waals surface area contributed by atoms with E-state index in [4.69, 9.17) is 5.73 Å². The van der Waals surface area contributed by atoms with Gasteiger partial charge in [-0.1, -0.05) is 0 Å². The lowest BCUT2D eigenvalue weighted by Crippen LogP contribution is -2.39. The number of amides is 1. The van der Waals surface area contributed by atoms with Gasteiger partial charge in [0.1, 0.15) is 0 Å². The third kappa shape index (κ3) is 4.09. The highest BCUT2D eigenvalue weighted by Crippen LogP contribution is 2.12. The summed E-state index contributed by atoms with van der Waals surface area (Å²) in [4.78, 5) is 25.0. The predicted molar refractivity (Wildman–Crippen MR) is 71.2 cm³/mol.